The van der Waals surface area contributed by atoms with E-state index in [9.17, 15) is 4.79 Å². The molecule has 1 amide bonds. The number of aryl methyl sites for hydroxylation is 1. The number of carbonyl (C=O) groups is 1. The van der Waals surface area contributed by atoms with Gasteiger partial charge < -0.3 is 4.74 Å². The van der Waals surface area contributed by atoms with Crippen LogP contribution in [0.1, 0.15) is 5.56 Å². The molecule has 11 nitrogen and oxygen atoms in total. The topological polar surface area (TPSA) is 117 Å². The van der Waals surface area contributed by atoms with Crippen LogP contribution in [-0.4, -0.2) is 58.4 Å². The standard InChI is InChI=1S/C20H17N9O2/c1-27-19(23-24-26-27)15-4-2-13(10-21-15)12-3-5-16-14(8-12)9-17-18(31-20(30)29(16)17)11-28-7-6-22-25-28/h2-8,10,17-18H,9,11H2,1H3/t17-,18?/m0/s1. The van der Waals surface area contributed by atoms with Gasteiger partial charge in [-0.25, -0.2) is 14.2 Å². The Labute approximate surface area is 176 Å². The summed E-state index contributed by atoms with van der Waals surface area (Å²) < 4.78 is 8.87. The van der Waals surface area contributed by atoms with Crippen molar-refractivity contribution in [3.05, 3.63) is 54.5 Å². The van der Waals surface area contributed by atoms with E-state index in [1.807, 2.05) is 30.5 Å². The van der Waals surface area contributed by atoms with E-state index in [0.29, 0.717) is 18.1 Å². The summed E-state index contributed by atoms with van der Waals surface area (Å²) >= 11 is 0. The third kappa shape index (κ3) is 2.85. The lowest BCUT2D eigenvalue weighted by Crippen LogP contribution is -2.35. The van der Waals surface area contributed by atoms with Crippen molar-refractivity contribution in [1.29, 1.82) is 0 Å². The van der Waals surface area contributed by atoms with Gasteiger partial charge >= 0.3 is 6.09 Å². The number of aromatic nitrogens is 8. The van der Waals surface area contributed by atoms with Crippen LogP contribution in [0.15, 0.2) is 48.9 Å². The molecule has 2 aliphatic heterocycles. The van der Waals surface area contributed by atoms with Gasteiger partial charge in [0.1, 0.15) is 11.8 Å². The fourth-order valence-electron chi connectivity index (χ4n) is 4.27. The van der Waals surface area contributed by atoms with Crippen LogP contribution >= 0.6 is 0 Å². The average Bonchev–Trinajstić information content (AvgIpc) is 3.55. The van der Waals surface area contributed by atoms with Crippen LogP contribution in [0, 0.1) is 0 Å². The van der Waals surface area contributed by atoms with E-state index in [1.165, 1.54) is 0 Å². The monoisotopic (exact) mass is 415 g/mol. The maximum absolute atomic E-state index is 12.5. The lowest BCUT2D eigenvalue weighted by Gasteiger charge is -2.16. The number of rotatable bonds is 4. The first kappa shape index (κ1) is 17.7. The Bertz CT molecular complexity index is 1270. The molecular weight excluding hydrogens is 398 g/mol. The van der Waals surface area contributed by atoms with E-state index in [-0.39, 0.29) is 18.2 Å². The Hall–Kier alpha value is -4.15. The maximum Gasteiger partial charge on any atom is 0.415 e. The number of ether oxygens (including phenoxy) is 1. The van der Waals surface area contributed by atoms with E-state index in [1.54, 1.807) is 33.7 Å². The number of cyclic esters (lactones) is 1. The number of hydrogen-bond donors (Lipinski definition) is 0. The van der Waals surface area contributed by atoms with E-state index in [4.69, 9.17) is 4.74 Å². The Morgan fingerprint density at radius 1 is 1.16 bits per heavy atom. The second-order valence-electron chi connectivity index (χ2n) is 7.59. The molecule has 1 fully saturated rings. The smallest absolute Gasteiger partial charge is 0.415 e. The number of tetrazole rings is 1. The number of amides is 1. The van der Waals surface area contributed by atoms with Crippen molar-refractivity contribution in [2.45, 2.75) is 25.1 Å². The predicted octanol–water partition coefficient (Wildman–Crippen LogP) is 1.48. The number of carbonyl (C=O) groups excluding carboxylic acids is 1. The van der Waals surface area contributed by atoms with Gasteiger partial charge in [-0.3, -0.25) is 9.88 Å². The van der Waals surface area contributed by atoms with Gasteiger partial charge in [0.15, 0.2) is 5.82 Å². The number of pyridine rings is 1. The minimum Gasteiger partial charge on any atom is -0.442 e. The Kier molecular flexibility index (Phi) is 3.82. The van der Waals surface area contributed by atoms with Crippen molar-refractivity contribution in [2.24, 2.45) is 7.05 Å². The minimum atomic E-state index is -0.315. The summed E-state index contributed by atoms with van der Waals surface area (Å²) in [6.07, 6.45) is 5.33. The lowest BCUT2D eigenvalue weighted by atomic mass is 10.0. The molecule has 1 aromatic carbocycles. The highest BCUT2D eigenvalue weighted by atomic mass is 16.6. The molecule has 3 aromatic heterocycles. The number of benzene rings is 1. The third-order valence-electron chi connectivity index (χ3n) is 5.76. The van der Waals surface area contributed by atoms with Crippen LogP contribution < -0.4 is 4.90 Å². The van der Waals surface area contributed by atoms with Crippen LogP contribution in [0.3, 0.4) is 0 Å². The van der Waals surface area contributed by atoms with Crippen molar-refractivity contribution in [3.63, 3.8) is 0 Å². The maximum atomic E-state index is 12.5. The van der Waals surface area contributed by atoms with Crippen molar-refractivity contribution in [2.75, 3.05) is 4.90 Å². The Morgan fingerprint density at radius 2 is 2.06 bits per heavy atom. The average molecular weight is 415 g/mol. The molecular formula is C20H17N9O2. The molecule has 0 radical (unpaired) electrons. The van der Waals surface area contributed by atoms with Crippen molar-refractivity contribution in [3.8, 4) is 22.6 Å². The largest absolute Gasteiger partial charge is 0.442 e. The number of fused-ring (bicyclic) bond motifs is 3. The van der Waals surface area contributed by atoms with Crippen molar-refractivity contribution >= 4 is 11.8 Å². The molecule has 2 atom stereocenters. The van der Waals surface area contributed by atoms with Gasteiger partial charge in [0.25, 0.3) is 0 Å². The molecule has 0 bridgehead atoms. The highest BCUT2D eigenvalue weighted by Crippen LogP contribution is 2.40. The Balaban J connectivity index is 1.27. The zero-order chi connectivity index (χ0) is 20.9. The quantitative estimate of drug-likeness (QED) is 0.492. The van der Waals surface area contributed by atoms with Crippen molar-refractivity contribution in [1.82, 2.24) is 40.2 Å². The summed E-state index contributed by atoms with van der Waals surface area (Å²) in [5.74, 6) is 0.609. The molecule has 2 aliphatic rings. The Morgan fingerprint density at radius 3 is 2.81 bits per heavy atom. The van der Waals surface area contributed by atoms with E-state index in [2.05, 4.69) is 36.9 Å². The highest BCUT2D eigenvalue weighted by molar-refractivity contribution is 5.94. The summed E-state index contributed by atoms with van der Waals surface area (Å²) in [6.45, 7) is 0.482. The molecule has 0 N–H and O–H groups in total. The fourth-order valence-corrected chi connectivity index (χ4v) is 4.27. The van der Waals surface area contributed by atoms with Crippen LogP contribution in [0.4, 0.5) is 10.5 Å². The second-order valence-corrected chi connectivity index (χ2v) is 7.59. The first-order chi connectivity index (χ1) is 15.2. The van der Waals surface area contributed by atoms with Gasteiger partial charge in [-0.05, 0) is 46.2 Å². The number of hydrogen-bond acceptors (Lipinski definition) is 8. The molecule has 1 unspecified atom stereocenters. The summed E-state index contributed by atoms with van der Waals surface area (Å²) in [4.78, 5) is 18.8. The van der Waals surface area contributed by atoms with Crippen molar-refractivity contribution < 1.29 is 9.53 Å². The van der Waals surface area contributed by atoms with Gasteiger partial charge in [0, 0.05) is 25.0 Å². The molecule has 4 aromatic rings. The third-order valence-corrected chi connectivity index (χ3v) is 5.76. The van der Waals surface area contributed by atoms with Crippen LogP contribution in [0.2, 0.25) is 0 Å². The first-order valence-corrected chi connectivity index (χ1v) is 9.83. The highest BCUT2D eigenvalue weighted by Gasteiger charge is 2.47. The first-order valence-electron chi connectivity index (χ1n) is 9.83. The zero-order valence-corrected chi connectivity index (χ0v) is 16.5. The van der Waals surface area contributed by atoms with Gasteiger partial charge in [-0.2, -0.15) is 0 Å². The summed E-state index contributed by atoms with van der Waals surface area (Å²) in [5, 5.41) is 19.3. The van der Waals surface area contributed by atoms with Gasteiger partial charge in [-0.15, -0.1) is 10.2 Å². The fraction of sp³-hybridized carbons (Fsp3) is 0.250. The van der Waals surface area contributed by atoms with Gasteiger partial charge in [0.05, 0.1) is 24.5 Å². The predicted molar refractivity (Wildman–Crippen MR) is 108 cm³/mol. The molecule has 154 valence electrons. The molecule has 11 heteroatoms. The SMILES string of the molecule is Cn1nnnc1-c1ccc(-c2ccc3c(c2)C[C@H]2C(Cn4ccnn4)OC(=O)N32)cn1. The minimum absolute atomic E-state index is 0.0501. The van der Waals surface area contributed by atoms with Gasteiger partial charge in [0.2, 0.25) is 0 Å². The van der Waals surface area contributed by atoms with E-state index < -0.39 is 0 Å². The summed E-state index contributed by atoms with van der Waals surface area (Å²) in [7, 11) is 1.78. The molecule has 6 rings (SSSR count). The number of anilines is 1. The molecule has 0 spiro atoms. The van der Waals surface area contributed by atoms with Gasteiger partial charge in [-0.1, -0.05) is 17.3 Å². The van der Waals surface area contributed by atoms with E-state index in [0.717, 1.165) is 28.8 Å². The molecule has 0 saturated carbocycles. The van der Waals surface area contributed by atoms with Crippen LogP contribution in [0.5, 0.6) is 0 Å². The number of nitrogens with zero attached hydrogens (tertiary/aromatic N) is 9. The molecule has 1 saturated heterocycles. The molecule has 5 heterocycles. The van der Waals surface area contributed by atoms with Crippen LogP contribution in [-0.2, 0) is 24.8 Å². The second kappa shape index (κ2) is 6.69. The molecule has 0 aliphatic carbocycles. The van der Waals surface area contributed by atoms with E-state index >= 15 is 0 Å². The summed E-state index contributed by atoms with van der Waals surface area (Å²) in [5.41, 5.74) is 4.74. The summed E-state index contributed by atoms with van der Waals surface area (Å²) in [6, 6.07) is 9.94. The normalized spacial score (nSPS) is 19.4. The van der Waals surface area contributed by atoms with Crippen LogP contribution in [0.25, 0.3) is 22.6 Å². The lowest BCUT2D eigenvalue weighted by molar-refractivity contribution is 0.117. The molecule has 31 heavy (non-hydrogen) atoms. The zero-order valence-electron chi connectivity index (χ0n) is 16.5.